The van der Waals surface area contributed by atoms with Crippen molar-refractivity contribution in [3.63, 3.8) is 0 Å². The fraction of sp³-hybridized carbons (Fsp3) is 0.160. The lowest BCUT2D eigenvalue weighted by Gasteiger charge is -2.12. The summed E-state index contributed by atoms with van der Waals surface area (Å²) >= 11 is 0. The van der Waals surface area contributed by atoms with Crippen molar-refractivity contribution >= 4 is 23.7 Å². The van der Waals surface area contributed by atoms with Crippen LogP contribution in [0, 0.1) is 5.82 Å². The Labute approximate surface area is 190 Å². The van der Waals surface area contributed by atoms with Crippen LogP contribution in [0.15, 0.2) is 72.8 Å². The van der Waals surface area contributed by atoms with Gasteiger partial charge < -0.3 is 20.1 Å². The van der Waals surface area contributed by atoms with Crippen molar-refractivity contribution in [3.8, 4) is 5.75 Å². The van der Waals surface area contributed by atoms with Gasteiger partial charge in [0.05, 0.1) is 13.0 Å². The third kappa shape index (κ3) is 7.17. The van der Waals surface area contributed by atoms with Gasteiger partial charge in [0, 0.05) is 17.8 Å². The Morgan fingerprint density at radius 2 is 1.61 bits per heavy atom. The van der Waals surface area contributed by atoms with Crippen molar-refractivity contribution in [2.45, 2.75) is 19.9 Å². The third-order valence-corrected chi connectivity index (χ3v) is 4.60. The summed E-state index contributed by atoms with van der Waals surface area (Å²) in [5.74, 6) is -0.679. The van der Waals surface area contributed by atoms with Crippen molar-refractivity contribution < 1.29 is 28.2 Å². The number of para-hydroxylation sites is 1. The largest absolute Gasteiger partial charge is 0.513 e. The van der Waals surface area contributed by atoms with E-state index in [9.17, 15) is 18.8 Å². The minimum absolute atomic E-state index is 0.120. The molecule has 0 aliphatic carbocycles. The van der Waals surface area contributed by atoms with Crippen LogP contribution in [0.5, 0.6) is 5.75 Å². The summed E-state index contributed by atoms with van der Waals surface area (Å²) in [5, 5.41) is 5.63. The van der Waals surface area contributed by atoms with Crippen LogP contribution in [0.25, 0.3) is 0 Å². The van der Waals surface area contributed by atoms with Crippen molar-refractivity contribution in [3.05, 3.63) is 95.3 Å². The Hall–Kier alpha value is -4.20. The highest BCUT2D eigenvalue weighted by Crippen LogP contribution is 2.18. The zero-order valence-corrected chi connectivity index (χ0v) is 18.0. The molecule has 33 heavy (non-hydrogen) atoms. The molecule has 0 aliphatic rings. The number of amides is 2. The van der Waals surface area contributed by atoms with Gasteiger partial charge in [-0.1, -0.05) is 30.3 Å². The van der Waals surface area contributed by atoms with Crippen LogP contribution in [-0.4, -0.2) is 24.6 Å². The van der Waals surface area contributed by atoms with E-state index in [1.807, 2.05) is 0 Å². The first-order valence-corrected chi connectivity index (χ1v) is 10.3. The summed E-state index contributed by atoms with van der Waals surface area (Å²) in [6.07, 6.45) is -0.695. The van der Waals surface area contributed by atoms with E-state index in [-0.39, 0.29) is 43.0 Å². The van der Waals surface area contributed by atoms with Crippen LogP contribution in [0.1, 0.15) is 28.4 Å². The highest BCUT2D eigenvalue weighted by atomic mass is 19.1. The van der Waals surface area contributed by atoms with E-state index < -0.39 is 6.16 Å². The van der Waals surface area contributed by atoms with E-state index in [1.165, 1.54) is 36.4 Å². The molecule has 0 atom stereocenters. The quantitative estimate of drug-likeness (QED) is 0.390. The summed E-state index contributed by atoms with van der Waals surface area (Å²) < 4.78 is 22.7. The van der Waals surface area contributed by atoms with E-state index in [0.717, 1.165) is 5.56 Å². The number of halogens is 1. The van der Waals surface area contributed by atoms with Crippen molar-refractivity contribution in [1.82, 2.24) is 5.32 Å². The Morgan fingerprint density at radius 1 is 0.909 bits per heavy atom. The number of carbonyl (C=O) groups excluding carboxylic acids is 3. The van der Waals surface area contributed by atoms with Crippen LogP contribution < -0.4 is 15.4 Å². The van der Waals surface area contributed by atoms with Crippen LogP contribution in [0.3, 0.4) is 0 Å². The number of benzene rings is 3. The van der Waals surface area contributed by atoms with E-state index in [0.29, 0.717) is 16.8 Å². The molecule has 0 fully saturated rings. The molecule has 0 saturated carbocycles. The monoisotopic (exact) mass is 450 g/mol. The van der Waals surface area contributed by atoms with Crippen molar-refractivity contribution in [2.75, 3.05) is 11.9 Å². The first kappa shape index (κ1) is 23.5. The van der Waals surface area contributed by atoms with Crippen LogP contribution in [0.2, 0.25) is 0 Å². The summed E-state index contributed by atoms with van der Waals surface area (Å²) in [6, 6.07) is 18.9. The van der Waals surface area contributed by atoms with Crippen LogP contribution >= 0.6 is 0 Å². The predicted octanol–water partition coefficient (Wildman–Crippen LogP) is 4.47. The molecule has 0 aromatic heterocycles. The molecule has 2 amide bonds. The predicted molar refractivity (Wildman–Crippen MR) is 120 cm³/mol. The zero-order chi connectivity index (χ0) is 23.6. The van der Waals surface area contributed by atoms with Crippen molar-refractivity contribution in [1.29, 1.82) is 0 Å². The number of hydrogen-bond acceptors (Lipinski definition) is 5. The smallest absolute Gasteiger partial charge is 0.434 e. The molecular weight excluding hydrogens is 427 g/mol. The molecule has 2 N–H and O–H groups in total. The van der Waals surface area contributed by atoms with Crippen molar-refractivity contribution in [2.24, 2.45) is 0 Å². The normalized spacial score (nSPS) is 10.2. The minimum Gasteiger partial charge on any atom is -0.434 e. The Bertz CT molecular complexity index is 1110. The second-order valence-electron chi connectivity index (χ2n) is 7.00. The molecule has 0 radical (unpaired) electrons. The topological polar surface area (TPSA) is 93.7 Å². The highest BCUT2D eigenvalue weighted by molar-refractivity contribution is 6.04. The molecule has 0 bridgehead atoms. The number of hydrogen-bond donors (Lipinski definition) is 2. The minimum atomic E-state index is -0.815. The zero-order valence-electron chi connectivity index (χ0n) is 18.0. The molecule has 0 aliphatic heterocycles. The van der Waals surface area contributed by atoms with Gasteiger partial charge in [-0.25, -0.2) is 9.18 Å². The molecular formula is C25H23FN2O5. The first-order chi connectivity index (χ1) is 15.9. The van der Waals surface area contributed by atoms with Gasteiger partial charge in [0.15, 0.2) is 0 Å². The van der Waals surface area contributed by atoms with Crippen LogP contribution in [0.4, 0.5) is 14.9 Å². The second-order valence-corrected chi connectivity index (χ2v) is 7.00. The third-order valence-electron chi connectivity index (χ3n) is 4.60. The fourth-order valence-electron chi connectivity index (χ4n) is 2.95. The number of rotatable bonds is 8. The number of ether oxygens (including phenoxy) is 2. The molecule has 0 saturated heterocycles. The Morgan fingerprint density at radius 3 is 2.30 bits per heavy atom. The van der Waals surface area contributed by atoms with E-state index in [2.05, 4.69) is 10.6 Å². The molecule has 0 unspecified atom stereocenters. The average molecular weight is 450 g/mol. The molecule has 3 aromatic rings. The lowest BCUT2D eigenvalue weighted by Crippen LogP contribution is -2.25. The van der Waals surface area contributed by atoms with Gasteiger partial charge in [-0.15, -0.1) is 0 Å². The second kappa shape index (κ2) is 11.4. The molecule has 7 nitrogen and oxygen atoms in total. The summed E-state index contributed by atoms with van der Waals surface area (Å²) in [5.41, 5.74) is 2.34. The Kier molecular flexibility index (Phi) is 8.13. The molecule has 0 heterocycles. The number of nitrogens with one attached hydrogen (secondary N) is 2. The summed E-state index contributed by atoms with van der Waals surface area (Å²) in [6.45, 7) is 2.08. The molecule has 8 heteroatoms. The molecule has 3 aromatic carbocycles. The van der Waals surface area contributed by atoms with E-state index in [1.54, 1.807) is 43.3 Å². The number of carbonyl (C=O) groups is 3. The number of anilines is 1. The molecule has 170 valence electrons. The lowest BCUT2D eigenvalue weighted by atomic mass is 10.1. The van der Waals surface area contributed by atoms with E-state index in [4.69, 9.17) is 9.47 Å². The molecule has 0 spiro atoms. The van der Waals surface area contributed by atoms with Gasteiger partial charge in [-0.05, 0) is 60.5 Å². The van der Waals surface area contributed by atoms with Crippen LogP contribution in [-0.2, 0) is 22.5 Å². The Balaban J connectivity index is 1.58. The van der Waals surface area contributed by atoms with Gasteiger partial charge in [-0.2, -0.15) is 0 Å². The fourth-order valence-corrected chi connectivity index (χ4v) is 2.95. The van der Waals surface area contributed by atoms with Gasteiger partial charge in [0.25, 0.3) is 5.91 Å². The molecule has 3 rings (SSSR count). The lowest BCUT2D eigenvalue weighted by molar-refractivity contribution is -0.120. The first-order valence-electron chi connectivity index (χ1n) is 10.3. The SMILES string of the molecule is CCOC(=O)Oc1ccc(C(=O)Nc2ccccc2CNC(=O)Cc2ccc(F)cc2)cc1. The van der Waals surface area contributed by atoms with E-state index >= 15 is 0 Å². The highest BCUT2D eigenvalue weighted by Gasteiger charge is 2.12. The maximum Gasteiger partial charge on any atom is 0.513 e. The summed E-state index contributed by atoms with van der Waals surface area (Å²) in [4.78, 5) is 36.3. The van der Waals surface area contributed by atoms with Gasteiger partial charge >= 0.3 is 6.16 Å². The van der Waals surface area contributed by atoms with Gasteiger partial charge in [-0.3, -0.25) is 9.59 Å². The maximum atomic E-state index is 13.0. The summed E-state index contributed by atoms with van der Waals surface area (Å²) in [7, 11) is 0. The standard InChI is InChI=1S/C25H23FN2O5/c1-2-32-25(31)33-21-13-9-18(10-14-21)24(30)28-22-6-4-3-5-19(22)16-27-23(29)15-17-7-11-20(26)12-8-17/h3-14H,2,15-16H2,1H3,(H,27,29)(H,28,30). The maximum absolute atomic E-state index is 13.0. The van der Waals surface area contributed by atoms with Gasteiger partial charge in [0.1, 0.15) is 11.6 Å². The van der Waals surface area contributed by atoms with Gasteiger partial charge in [0.2, 0.25) is 5.91 Å². The average Bonchev–Trinajstić information content (AvgIpc) is 2.80.